The molecular formula is C13H13BrN2O4. The first-order chi connectivity index (χ1) is 9.52. The number of benzene rings is 1. The molecule has 0 aromatic heterocycles. The molecule has 3 amide bonds. The number of rotatable bonds is 5. The Bertz CT molecular complexity index is 514. The van der Waals surface area contributed by atoms with E-state index < -0.39 is 24.5 Å². The smallest absolute Gasteiger partial charge is 0.338 e. The van der Waals surface area contributed by atoms with Crippen molar-refractivity contribution in [2.45, 2.75) is 0 Å². The van der Waals surface area contributed by atoms with Gasteiger partial charge in [0.25, 0.3) is 5.91 Å². The van der Waals surface area contributed by atoms with E-state index in [1.54, 1.807) is 24.3 Å². The van der Waals surface area contributed by atoms with Crippen LogP contribution < -0.4 is 10.6 Å². The van der Waals surface area contributed by atoms with E-state index in [0.29, 0.717) is 5.56 Å². The number of hydrogen-bond acceptors (Lipinski definition) is 4. The summed E-state index contributed by atoms with van der Waals surface area (Å²) in [5.74, 6) is -1.35. The number of urea groups is 1. The van der Waals surface area contributed by atoms with Gasteiger partial charge in [-0.25, -0.2) is 9.59 Å². The van der Waals surface area contributed by atoms with Crippen molar-refractivity contribution in [1.82, 2.24) is 10.6 Å². The van der Waals surface area contributed by atoms with Crippen LogP contribution in [0.1, 0.15) is 10.4 Å². The highest BCUT2D eigenvalue weighted by Gasteiger charge is 2.11. The van der Waals surface area contributed by atoms with Crippen LogP contribution in [0.4, 0.5) is 4.79 Å². The van der Waals surface area contributed by atoms with Gasteiger partial charge in [0, 0.05) is 11.0 Å². The first kappa shape index (κ1) is 15.9. The van der Waals surface area contributed by atoms with Gasteiger partial charge in [-0.15, -0.1) is 6.58 Å². The molecule has 0 saturated heterocycles. The van der Waals surface area contributed by atoms with E-state index in [0.717, 1.165) is 4.47 Å². The Kier molecular flexibility index (Phi) is 6.45. The van der Waals surface area contributed by atoms with Gasteiger partial charge in [-0.2, -0.15) is 0 Å². The van der Waals surface area contributed by atoms with Crippen LogP contribution in [0.3, 0.4) is 0 Å². The Morgan fingerprint density at radius 3 is 2.50 bits per heavy atom. The number of esters is 1. The molecule has 1 aromatic carbocycles. The molecule has 0 atom stereocenters. The van der Waals surface area contributed by atoms with E-state index in [1.165, 1.54) is 6.08 Å². The van der Waals surface area contributed by atoms with Crippen LogP contribution in [0.25, 0.3) is 0 Å². The molecule has 0 radical (unpaired) electrons. The number of carbonyl (C=O) groups is 3. The van der Waals surface area contributed by atoms with Crippen molar-refractivity contribution in [3.05, 3.63) is 47.0 Å². The number of imide groups is 1. The van der Waals surface area contributed by atoms with Crippen molar-refractivity contribution in [2.75, 3.05) is 13.2 Å². The van der Waals surface area contributed by atoms with Gasteiger partial charge in [-0.1, -0.05) is 22.0 Å². The van der Waals surface area contributed by atoms with E-state index >= 15 is 0 Å². The monoisotopic (exact) mass is 340 g/mol. The third-order valence-electron chi connectivity index (χ3n) is 2.07. The van der Waals surface area contributed by atoms with Gasteiger partial charge < -0.3 is 10.1 Å². The van der Waals surface area contributed by atoms with Crippen LogP contribution in [-0.2, 0) is 9.53 Å². The first-order valence-electron chi connectivity index (χ1n) is 5.64. The third kappa shape index (κ3) is 5.66. The maximum absolute atomic E-state index is 11.6. The van der Waals surface area contributed by atoms with Crippen LogP contribution in [0.2, 0.25) is 0 Å². The summed E-state index contributed by atoms with van der Waals surface area (Å²) in [7, 11) is 0. The van der Waals surface area contributed by atoms with Crippen molar-refractivity contribution in [3.8, 4) is 0 Å². The summed E-state index contributed by atoms with van der Waals surface area (Å²) in [5.41, 5.74) is 0.317. The number of ether oxygens (including phenoxy) is 1. The maximum Gasteiger partial charge on any atom is 0.338 e. The lowest BCUT2D eigenvalue weighted by molar-refractivity contribution is -0.123. The molecule has 0 unspecified atom stereocenters. The van der Waals surface area contributed by atoms with Gasteiger partial charge in [0.05, 0.1) is 5.56 Å². The molecule has 0 heterocycles. The van der Waals surface area contributed by atoms with Gasteiger partial charge in [-0.05, 0) is 24.3 Å². The summed E-state index contributed by atoms with van der Waals surface area (Å²) in [6, 6.07) is 5.80. The predicted molar refractivity (Wildman–Crippen MR) is 76.2 cm³/mol. The minimum absolute atomic E-state index is 0.234. The molecule has 1 aromatic rings. The zero-order valence-corrected chi connectivity index (χ0v) is 12.1. The van der Waals surface area contributed by atoms with Gasteiger partial charge in [-0.3, -0.25) is 10.1 Å². The molecule has 1 rings (SSSR count). The van der Waals surface area contributed by atoms with E-state index in [1.807, 2.05) is 5.32 Å². The fourth-order valence-electron chi connectivity index (χ4n) is 1.17. The van der Waals surface area contributed by atoms with Crippen LogP contribution in [0, 0.1) is 0 Å². The second kappa shape index (κ2) is 8.11. The van der Waals surface area contributed by atoms with Crippen molar-refractivity contribution in [2.24, 2.45) is 0 Å². The molecule has 0 saturated carbocycles. The number of hydrogen-bond donors (Lipinski definition) is 2. The molecule has 0 fully saturated rings. The lowest BCUT2D eigenvalue weighted by atomic mass is 10.2. The largest absolute Gasteiger partial charge is 0.452 e. The summed E-state index contributed by atoms with van der Waals surface area (Å²) in [6.07, 6.45) is 1.47. The van der Waals surface area contributed by atoms with Gasteiger partial charge in [0.15, 0.2) is 6.61 Å². The zero-order chi connectivity index (χ0) is 15.0. The average Bonchev–Trinajstić information content (AvgIpc) is 2.43. The Balaban J connectivity index is 2.37. The van der Waals surface area contributed by atoms with E-state index in [4.69, 9.17) is 4.74 Å². The molecular weight excluding hydrogens is 328 g/mol. The average molecular weight is 341 g/mol. The third-order valence-corrected chi connectivity index (χ3v) is 2.60. The van der Waals surface area contributed by atoms with Gasteiger partial charge in [0.2, 0.25) is 0 Å². The van der Waals surface area contributed by atoms with E-state index in [2.05, 4.69) is 27.8 Å². The Morgan fingerprint density at radius 1 is 1.25 bits per heavy atom. The first-order valence-corrected chi connectivity index (χ1v) is 6.43. The maximum atomic E-state index is 11.6. The zero-order valence-electron chi connectivity index (χ0n) is 10.5. The summed E-state index contributed by atoms with van der Waals surface area (Å²) < 4.78 is 5.59. The summed E-state index contributed by atoms with van der Waals surface area (Å²) in [4.78, 5) is 34.0. The van der Waals surface area contributed by atoms with E-state index in [9.17, 15) is 14.4 Å². The van der Waals surface area contributed by atoms with Gasteiger partial charge >= 0.3 is 12.0 Å². The van der Waals surface area contributed by atoms with Crippen molar-refractivity contribution >= 4 is 33.8 Å². The van der Waals surface area contributed by atoms with Crippen LogP contribution in [0.5, 0.6) is 0 Å². The van der Waals surface area contributed by atoms with Crippen molar-refractivity contribution < 1.29 is 19.1 Å². The fourth-order valence-corrected chi connectivity index (χ4v) is 1.44. The lowest BCUT2D eigenvalue weighted by Gasteiger charge is -2.06. The Morgan fingerprint density at radius 2 is 1.90 bits per heavy atom. The molecule has 6 nitrogen and oxygen atoms in total. The van der Waals surface area contributed by atoms with Crippen molar-refractivity contribution in [3.63, 3.8) is 0 Å². The highest BCUT2D eigenvalue weighted by atomic mass is 79.9. The van der Waals surface area contributed by atoms with E-state index in [-0.39, 0.29) is 6.54 Å². The van der Waals surface area contributed by atoms with Gasteiger partial charge in [0.1, 0.15) is 0 Å². The molecule has 0 aliphatic rings. The highest BCUT2D eigenvalue weighted by Crippen LogP contribution is 2.11. The molecule has 20 heavy (non-hydrogen) atoms. The lowest BCUT2D eigenvalue weighted by Crippen LogP contribution is -2.41. The predicted octanol–water partition coefficient (Wildman–Crippen LogP) is 1.62. The second-order valence-electron chi connectivity index (χ2n) is 3.63. The second-order valence-corrected chi connectivity index (χ2v) is 4.55. The molecule has 0 spiro atoms. The summed E-state index contributed by atoms with van der Waals surface area (Å²) >= 11 is 3.24. The SMILES string of the molecule is C=CCNC(=O)NC(=O)COC(=O)c1ccc(Br)cc1. The van der Waals surface area contributed by atoms with Crippen LogP contribution in [-0.4, -0.2) is 31.1 Å². The molecule has 0 bridgehead atoms. The quantitative estimate of drug-likeness (QED) is 0.630. The Hall–Kier alpha value is -2.15. The number of halogens is 1. The molecule has 2 N–H and O–H groups in total. The molecule has 0 aliphatic heterocycles. The minimum atomic E-state index is -0.711. The normalized spacial score (nSPS) is 9.45. The fraction of sp³-hybridized carbons (Fsp3) is 0.154. The number of carbonyl (C=O) groups excluding carboxylic acids is 3. The molecule has 7 heteroatoms. The van der Waals surface area contributed by atoms with Crippen molar-refractivity contribution in [1.29, 1.82) is 0 Å². The Labute approximate surface area is 124 Å². The molecule has 106 valence electrons. The van der Waals surface area contributed by atoms with Crippen LogP contribution >= 0.6 is 15.9 Å². The molecule has 0 aliphatic carbocycles. The minimum Gasteiger partial charge on any atom is -0.452 e. The number of amides is 3. The summed E-state index contributed by atoms with van der Waals surface area (Å²) in [6.45, 7) is 3.11. The topological polar surface area (TPSA) is 84.5 Å². The highest BCUT2D eigenvalue weighted by molar-refractivity contribution is 9.10. The standard InChI is InChI=1S/C13H13BrN2O4/c1-2-7-15-13(19)16-11(17)8-20-12(18)9-3-5-10(14)6-4-9/h2-6H,1,7-8H2,(H2,15,16,17,19). The van der Waals surface area contributed by atoms with Crippen LogP contribution in [0.15, 0.2) is 41.4 Å². The summed E-state index contributed by atoms with van der Waals surface area (Å²) in [5, 5.41) is 4.36. The number of nitrogens with one attached hydrogen (secondary N) is 2.